The van der Waals surface area contributed by atoms with Gasteiger partial charge >= 0.3 is 0 Å². The number of nitrogens with zero attached hydrogens (tertiary/aromatic N) is 2. The smallest absolute Gasteiger partial charge is 0.283 e. The third-order valence-electron chi connectivity index (χ3n) is 4.84. The Morgan fingerprint density at radius 3 is 2.53 bits per heavy atom. The monoisotopic (exact) mass is 419 g/mol. The maximum atomic E-state index is 13.6. The highest BCUT2D eigenvalue weighted by Crippen LogP contribution is 2.28. The largest absolute Gasteiger partial charge is 0.349 e. The first kappa shape index (κ1) is 18.6. The van der Waals surface area contributed by atoms with Gasteiger partial charge in [-0.25, -0.2) is 13.8 Å². The Hall–Kier alpha value is -3.45. The number of nitrogens with one attached hydrogen (secondary N) is 1. The van der Waals surface area contributed by atoms with Gasteiger partial charge in [-0.1, -0.05) is 42.1 Å². The van der Waals surface area contributed by atoms with Gasteiger partial charge in [-0.2, -0.15) is 0 Å². The van der Waals surface area contributed by atoms with Crippen molar-refractivity contribution >= 4 is 33.7 Å². The van der Waals surface area contributed by atoms with Crippen molar-refractivity contribution in [1.82, 2.24) is 14.5 Å². The number of fused-ring (bicyclic) bond motifs is 3. The van der Waals surface area contributed by atoms with Crippen molar-refractivity contribution in [3.05, 3.63) is 100 Å². The number of aromatic amines is 1. The maximum Gasteiger partial charge on any atom is 0.283 e. The van der Waals surface area contributed by atoms with E-state index in [0.717, 1.165) is 16.5 Å². The van der Waals surface area contributed by atoms with E-state index < -0.39 is 0 Å². The molecule has 0 unspecified atom stereocenters. The number of thioether (sulfide) groups is 1. The zero-order valence-corrected chi connectivity index (χ0v) is 16.4. The van der Waals surface area contributed by atoms with E-state index in [1.165, 1.54) is 40.6 Å². The fourth-order valence-electron chi connectivity index (χ4n) is 3.43. The summed E-state index contributed by atoms with van der Waals surface area (Å²) in [4.78, 5) is 21.3. The van der Waals surface area contributed by atoms with Crippen molar-refractivity contribution in [2.45, 2.75) is 10.9 Å². The average Bonchev–Trinajstić information content (AvgIpc) is 3.12. The molecule has 3 aromatic carbocycles. The van der Waals surface area contributed by atoms with E-state index in [9.17, 15) is 13.6 Å². The van der Waals surface area contributed by atoms with Crippen molar-refractivity contribution in [3.8, 4) is 5.69 Å². The molecule has 5 aromatic rings. The fourth-order valence-corrected chi connectivity index (χ4v) is 4.38. The van der Waals surface area contributed by atoms with Gasteiger partial charge < -0.3 is 4.98 Å². The molecule has 1 N–H and O–H groups in total. The summed E-state index contributed by atoms with van der Waals surface area (Å²) >= 11 is 1.33. The molecule has 0 atom stereocenters. The molecule has 0 aliphatic rings. The molecular weight excluding hydrogens is 404 g/mol. The van der Waals surface area contributed by atoms with E-state index in [1.54, 1.807) is 18.2 Å². The van der Waals surface area contributed by atoms with Crippen LogP contribution in [0.2, 0.25) is 0 Å². The summed E-state index contributed by atoms with van der Waals surface area (Å²) in [6.07, 6.45) is 0. The van der Waals surface area contributed by atoms with Crippen LogP contribution >= 0.6 is 11.8 Å². The number of hydrogen-bond acceptors (Lipinski definition) is 3. The van der Waals surface area contributed by atoms with Crippen LogP contribution in [0, 0.1) is 11.6 Å². The van der Waals surface area contributed by atoms with E-state index in [1.807, 2.05) is 30.3 Å². The highest BCUT2D eigenvalue weighted by atomic mass is 32.2. The number of halogens is 2. The lowest BCUT2D eigenvalue weighted by molar-refractivity contribution is 0.626. The minimum atomic E-state index is -0.389. The van der Waals surface area contributed by atoms with Gasteiger partial charge in [-0.05, 0) is 48.0 Å². The molecule has 30 heavy (non-hydrogen) atoms. The minimum absolute atomic E-state index is 0.274. The van der Waals surface area contributed by atoms with E-state index in [0.29, 0.717) is 27.6 Å². The normalized spacial score (nSPS) is 11.4. The van der Waals surface area contributed by atoms with Gasteiger partial charge in [0.25, 0.3) is 5.56 Å². The van der Waals surface area contributed by atoms with Crippen molar-refractivity contribution in [2.24, 2.45) is 0 Å². The quantitative estimate of drug-likeness (QED) is 0.312. The first-order valence-corrected chi connectivity index (χ1v) is 10.3. The van der Waals surface area contributed by atoms with Gasteiger partial charge in [-0.3, -0.25) is 9.36 Å². The van der Waals surface area contributed by atoms with Gasteiger partial charge in [-0.15, -0.1) is 0 Å². The summed E-state index contributed by atoms with van der Waals surface area (Å²) < 4.78 is 28.5. The molecule has 0 spiro atoms. The lowest BCUT2D eigenvalue weighted by atomic mass is 10.2. The van der Waals surface area contributed by atoms with Crippen LogP contribution < -0.4 is 5.56 Å². The van der Waals surface area contributed by atoms with Gasteiger partial charge in [0.2, 0.25) is 0 Å². The molecule has 0 aliphatic heterocycles. The second-order valence-corrected chi connectivity index (χ2v) is 7.77. The average molecular weight is 419 g/mol. The molecule has 0 bridgehead atoms. The molecule has 0 aliphatic carbocycles. The number of benzene rings is 3. The molecule has 0 fully saturated rings. The first-order valence-electron chi connectivity index (χ1n) is 9.27. The molecule has 0 saturated heterocycles. The summed E-state index contributed by atoms with van der Waals surface area (Å²) in [6.45, 7) is 0. The van der Waals surface area contributed by atoms with Crippen LogP contribution in [0.15, 0.2) is 82.7 Å². The lowest BCUT2D eigenvalue weighted by Gasteiger charge is -2.12. The number of hydrogen-bond donors (Lipinski definition) is 1. The van der Waals surface area contributed by atoms with Crippen LogP contribution in [0.1, 0.15) is 5.56 Å². The van der Waals surface area contributed by atoms with E-state index >= 15 is 0 Å². The Labute approximate surface area is 174 Å². The Balaban J connectivity index is 1.71. The fraction of sp³-hybridized carbons (Fsp3) is 0.0435. The molecule has 0 saturated carbocycles. The lowest BCUT2D eigenvalue weighted by Crippen LogP contribution is -2.21. The third kappa shape index (κ3) is 3.27. The van der Waals surface area contributed by atoms with Gasteiger partial charge in [0, 0.05) is 16.7 Å². The molecule has 0 radical (unpaired) electrons. The van der Waals surface area contributed by atoms with Crippen LogP contribution in [0.3, 0.4) is 0 Å². The molecule has 148 valence electrons. The molecule has 2 heterocycles. The van der Waals surface area contributed by atoms with Gasteiger partial charge in [0.1, 0.15) is 22.7 Å². The highest BCUT2D eigenvalue weighted by molar-refractivity contribution is 7.98. The Bertz CT molecular complexity index is 1440. The topological polar surface area (TPSA) is 50.7 Å². The van der Waals surface area contributed by atoms with Crippen LogP contribution in [0.25, 0.3) is 27.6 Å². The number of aromatic nitrogens is 3. The zero-order valence-electron chi connectivity index (χ0n) is 15.6. The standard InChI is InChI=1S/C23H15F2N3OS/c24-15-8-10-17(11-9-15)28-22(29)21-20(18-6-1-2-7-19(18)26-21)27-23(28)30-13-14-4-3-5-16(25)12-14/h1-12,26H,13H2. The molecular formula is C23H15F2N3OS. The second-order valence-electron chi connectivity index (χ2n) is 6.82. The summed E-state index contributed by atoms with van der Waals surface area (Å²) in [6, 6.07) is 19.6. The van der Waals surface area contributed by atoms with Gasteiger partial charge in [0.05, 0.1) is 5.69 Å². The predicted octanol–water partition coefficient (Wildman–Crippen LogP) is 5.44. The first-order chi connectivity index (χ1) is 14.6. The predicted molar refractivity (Wildman–Crippen MR) is 115 cm³/mol. The maximum absolute atomic E-state index is 13.6. The van der Waals surface area contributed by atoms with E-state index in [4.69, 9.17) is 4.98 Å². The third-order valence-corrected chi connectivity index (χ3v) is 5.85. The minimum Gasteiger partial charge on any atom is -0.349 e. The molecule has 2 aromatic heterocycles. The number of para-hydroxylation sites is 1. The summed E-state index contributed by atoms with van der Waals surface area (Å²) in [7, 11) is 0. The SMILES string of the molecule is O=c1c2[nH]c3ccccc3c2nc(SCc2cccc(F)c2)n1-c1ccc(F)cc1. The zero-order chi connectivity index (χ0) is 20.7. The Kier molecular flexibility index (Phi) is 4.59. The van der Waals surface area contributed by atoms with Crippen molar-refractivity contribution in [3.63, 3.8) is 0 Å². The molecule has 0 amide bonds. The molecule has 5 rings (SSSR count). The Morgan fingerprint density at radius 1 is 0.933 bits per heavy atom. The van der Waals surface area contributed by atoms with Crippen molar-refractivity contribution < 1.29 is 8.78 Å². The van der Waals surface area contributed by atoms with Crippen molar-refractivity contribution in [1.29, 1.82) is 0 Å². The number of H-pyrrole nitrogens is 1. The van der Waals surface area contributed by atoms with Gasteiger partial charge in [0.15, 0.2) is 5.16 Å². The summed E-state index contributed by atoms with van der Waals surface area (Å²) in [5.74, 6) is -0.274. The molecule has 4 nitrogen and oxygen atoms in total. The van der Waals surface area contributed by atoms with E-state index in [2.05, 4.69) is 4.98 Å². The second kappa shape index (κ2) is 7.42. The molecule has 7 heteroatoms. The van der Waals surface area contributed by atoms with Crippen LogP contribution in [0.4, 0.5) is 8.78 Å². The number of rotatable bonds is 4. The van der Waals surface area contributed by atoms with Crippen molar-refractivity contribution in [2.75, 3.05) is 0 Å². The van der Waals surface area contributed by atoms with Crippen LogP contribution in [0.5, 0.6) is 0 Å². The van der Waals surface area contributed by atoms with E-state index in [-0.39, 0.29) is 17.2 Å². The Morgan fingerprint density at radius 2 is 1.73 bits per heavy atom. The van der Waals surface area contributed by atoms with Crippen LogP contribution in [-0.4, -0.2) is 14.5 Å². The summed E-state index contributed by atoms with van der Waals surface area (Å²) in [5, 5.41) is 1.30. The van der Waals surface area contributed by atoms with Crippen LogP contribution in [-0.2, 0) is 5.75 Å². The summed E-state index contributed by atoms with van der Waals surface area (Å²) in [5.41, 5.74) is 2.79. The highest BCUT2D eigenvalue weighted by Gasteiger charge is 2.17.